The number of aliphatic hydroxyl groups is 4. The van der Waals surface area contributed by atoms with Crippen LogP contribution in [-0.2, 0) is 25.7 Å². The summed E-state index contributed by atoms with van der Waals surface area (Å²) in [5, 5.41) is 39.0. The third-order valence-corrected chi connectivity index (χ3v) is 7.83. The SMILES string of the molecule is CCCCCCCCCCCCCCCCc1ccccc1OS(=O)(=O)O[C@@H]1O[C@H](CO)[C@@H](O)[C@H](O)[C@H]1O. The summed E-state index contributed by atoms with van der Waals surface area (Å²) < 4.78 is 40.1. The van der Waals surface area contributed by atoms with Gasteiger partial charge in [0, 0.05) is 0 Å². The zero-order chi connectivity index (χ0) is 27.8. The number of rotatable bonds is 20. The Hall–Kier alpha value is -1.27. The molecule has 1 fully saturated rings. The minimum atomic E-state index is -4.68. The van der Waals surface area contributed by atoms with Crippen molar-refractivity contribution >= 4 is 10.4 Å². The normalized spacial score (nSPS) is 24.0. The summed E-state index contributed by atoms with van der Waals surface area (Å²) in [5.74, 6) is 0.117. The fraction of sp³-hybridized carbons (Fsp3) is 0.786. The van der Waals surface area contributed by atoms with Crippen LogP contribution in [0, 0.1) is 0 Å². The molecule has 1 aromatic carbocycles. The highest BCUT2D eigenvalue weighted by molar-refractivity contribution is 7.82. The van der Waals surface area contributed by atoms with Gasteiger partial charge in [-0.25, -0.2) is 4.18 Å². The molecule has 9 nitrogen and oxygen atoms in total. The molecule has 5 atom stereocenters. The molecular weight excluding hydrogens is 512 g/mol. The monoisotopic (exact) mass is 560 g/mol. The van der Waals surface area contributed by atoms with Crippen molar-refractivity contribution in [2.45, 2.75) is 134 Å². The summed E-state index contributed by atoms with van der Waals surface area (Å²) in [7, 11) is -4.68. The smallest absolute Gasteiger partial charge is 0.394 e. The summed E-state index contributed by atoms with van der Waals surface area (Å²) in [6, 6.07) is 6.76. The van der Waals surface area contributed by atoms with Gasteiger partial charge in [-0.15, -0.1) is 0 Å². The van der Waals surface area contributed by atoms with Crippen molar-refractivity contribution in [3.05, 3.63) is 29.8 Å². The van der Waals surface area contributed by atoms with E-state index in [2.05, 4.69) is 6.92 Å². The molecule has 0 unspecified atom stereocenters. The molecule has 38 heavy (non-hydrogen) atoms. The van der Waals surface area contributed by atoms with Gasteiger partial charge in [-0.3, -0.25) is 0 Å². The van der Waals surface area contributed by atoms with Crippen LogP contribution in [0.15, 0.2) is 24.3 Å². The Morgan fingerprint density at radius 2 is 1.29 bits per heavy atom. The van der Waals surface area contributed by atoms with Crippen molar-refractivity contribution in [2.24, 2.45) is 0 Å². The molecule has 0 bridgehead atoms. The summed E-state index contributed by atoms with van der Waals surface area (Å²) in [6.45, 7) is 1.54. The number of unbranched alkanes of at least 4 members (excludes halogenated alkanes) is 13. The lowest BCUT2D eigenvalue weighted by Gasteiger charge is -2.38. The fourth-order valence-electron chi connectivity index (χ4n) is 4.69. The van der Waals surface area contributed by atoms with Crippen LogP contribution >= 0.6 is 0 Å². The second kappa shape index (κ2) is 18.1. The molecule has 0 saturated carbocycles. The van der Waals surface area contributed by atoms with Gasteiger partial charge >= 0.3 is 10.4 Å². The molecule has 10 heteroatoms. The van der Waals surface area contributed by atoms with E-state index in [9.17, 15) is 28.8 Å². The van der Waals surface area contributed by atoms with Crippen molar-refractivity contribution in [1.29, 1.82) is 0 Å². The molecule has 1 heterocycles. The van der Waals surface area contributed by atoms with E-state index in [0.29, 0.717) is 12.0 Å². The number of ether oxygens (including phenoxy) is 1. The molecular formula is C28H48O9S. The largest absolute Gasteiger partial charge is 0.451 e. The van der Waals surface area contributed by atoms with Gasteiger partial charge in [0.05, 0.1) is 6.61 Å². The predicted octanol–water partition coefficient (Wildman–Crippen LogP) is 4.15. The Labute approximate surface area is 228 Å². The molecule has 4 N–H and O–H groups in total. The van der Waals surface area contributed by atoms with E-state index in [1.807, 2.05) is 0 Å². The fourth-order valence-corrected chi connectivity index (χ4v) is 5.51. The molecule has 1 aliphatic heterocycles. The van der Waals surface area contributed by atoms with Gasteiger partial charge in [-0.05, 0) is 24.5 Å². The number of hydrogen-bond donors (Lipinski definition) is 4. The molecule has 2 rings (SSSR count). The van der Waals surface area contributed by atoms with Gasteiger partial charge < -0.3 is 29.3 Å². The number of hydrogen-bond acceptors (Lipinski definition) is 9. The van der Waals surface area contributed by atoms with E-state index in [4.69, 9.17) is 13.1 Å². The van der Waals surface area contributed by atoms with E-state index in [1.165, 1.54) is 76.7 Å². The molecule has 0 amide bonds. The van der Waals surface area contributed by atoms with Crippen molar-refractivity contribution < 1.29 is 41.9 Å². The van der Waals surface area contributed by atoms with Crippen LogP contribution in [0.1, 0.15) is 102 Å². The summed E-state index contributed by atoms with van der Waals surface area (Å²) >= 11 is 0. The zero-order valence-electron chi connectivity index (χ0n) is 22.7. The average Bonchev–Trinajstić information content (AvgIpc) is 2.89. The van der Waals surface area contributed by atoms with Gasteiger partial charge in [-0.2, -0.15) is 8.42 Å². The van der Waals surface area contributed by atoms with Crippen LogP contribution < -0.4 is 4.18 Å². The van der Waals surface area contributed by atoms with Gasteiger partial charge in [0.25, 0.3) is 0 Å². The lowest BCUT2D eigenvalue weighted by Crippen LogP contribution is -2.59. The lowest BCUT2D eigenvalue weighted by atomic mass is 10.00. The molecule has 1 aliphatic rings. The van der Waals surface area contributed by atoms with Crippen molar-refractivity contribution in [1.82, 2.24) is 0 Å². The highest BCUT2D eigenvalue weighted by atomic mass is 32.3. The second-order valence-corrected chi connectivity index (χ2v) is 11.4. The first-order valence-corrected chi connectivity index (χ1v) is 15.6. The summed E-state index contributed by atoms with van der Waals surface area (Å²) in [5.41, 5.74) is 0.715. The summed E-state index contributed by atoms with van der Waals surface area (Å²) in [4.78, 5) is 0. The Kier molecular flexibility index (Phi) is 15.7. The lowest BCUT2D eigenvalue weighted by molar-refractivity contribution is -0.277. The van der Waals surface area contributed by atoms with Crippen LogP contribution in [-0.4, -0.2) is 66.2 Å². The molecule has 1 aromatic rings. The quantitative estimate of drug-likeness (QED) is 0.173. The number of para-hydroxylation sites is 1. The molecule has 0 spiro atoms. The van der Waals surface area contributed by atoms with E-state index < -0.39 is 47.7 Å². The van der Waals surface area contributed by atoms with E-state index in [1.54, 1.807) is 18.2 Å². The first kappa shape index (κ1) is 32.9. The second-order valence-electron chi connectivity index (χ2n) is 10.2. The van der Waals surface area contributed by atoms with Crippen molar-refractivity contribution in [3.8, 4) is 5.75 Å². The molecule has 220 valence electrons. The van der Waals surface area contributed by atoms with Gasteiger partial charge in [0.1, 0.15) is 30.2 Å². The van der Waals surface area contributed by atoms with Crippen LogP contribution in [0.3, 0.4) is 0 Å². The maximum absolute atomic E-state index is 12.5. The van der Waals surface area contributed by atoms with Crippen LogP contribution in [0.25, 0.3) is 0 Å². The first-order chi connectivity index (χ1) is 18.3. The topological polar surface area (TPSA) is 143 Å². The number of aliphatic hydroxyl groups excluding tert-OH is 4. The van der Waals surface area contributed by atoms with E-state index in [-0.39, 0.29) is 5.75 Å². The number of benzene rings is 1. The summed E-state index contributed by atoms with van der Waals surface area (Å²) in [6.07, 6.45) is 9.89. The molecule has 0 aliphatic carbocycles. The van der Waals surface area contributed by atoms with Crippen molar-refractivity contribution in [2.75, 3.05) is 6.61 Å². The van der Waals surface area contributed by atoms with Crippen LogP contribution in [0.5, 0.6) is 5.75 Å². The Balaban J connectivity index is 1.68. The van der Waals surface area contributed by atoms with Gasteiger partial charge in [0.2, 0.25) is 6.29 Å². The molecule has 0 aromatic heterocycles. The minimum Gasteiger partial charge on any atom is -0.394 e. The maximum Gasteiger partial charge on any atom is 0.451 e. The van der Waals surface area contributed by atoms with Crippen LogP contribution in [0.4, 0.5) is 0 Å². The number of aryl methyl sites for hydroxylation is 1. The van der Waals surface area contributed by atoms with Gasteiger partial charge in [0.15, 0.2) is 0 Å². The first-order valence-electron chi connectivity index (χ1n) is 14.3. The Morgan fingerprint density at radius 3 is 1.84 bits per heavy atom. The molecule has 1 saturated heterocycles. The van der Waals surface area contributed by atoms with Gasteiger partial charge in [-0.1, -0.05) is 109 Å². The highest BCUT2D eigenvalue weighted by Gasteiger charge is 2.46. The average molecular weight is 561 g/mol. The Morgan fingerprint density at radius 1 is 0.763 bits per heavy atom. The third kappa shape index (κ3) is 11.9. The third-order valence-electron chi connectivity index (χ3n) is 7.03. The maximum atomic E-state index is 12.5. The van der Waals surface area contributed by atoms with E-state index in [0.717, 1.165) is 19.3 Å². The Bertz CT molecular complexity index is 862. The predicted molar refractivity (Wildman–Crippen MR) is 145 cm³/mol. The standard InChI is InChI=1S/C28H48O9S/c1-2-3-4-5-6-7-8-9-10-11-12-13-14-15-18-22-19-16-17-20-23(22)36-38(33,34)37-28-27(32)26(31)25(30)24(21-29)35-28/h16-17,19-20,24-32H,2-15,18,21H2,1H3/t24-,25-,26+,27-,28+/m1/s1. The zero-order valence-corrected chi connectivity index (χ0v) is 23.6. The highest BCUT2D eigenvalue weighted by Crippen LogP contribution is 2.27. The van der Waals surface area contributed by atoms with E-state index >= 15 is 0 Å². The van der Waals surface area contributed by atoms with Crippen molar-refractivity contribution in [3.63, 3.8) is 0 Å². The van der Waals surface area contributed by atoms with Crippen LogP contribution in [0.2, 0.25) is 0 Å². The molecule has 0 radical (unpaired) electrons. The minimum absolute atomic E-state index is 0.117.